The van der Waals surface area contributed by atoms with Crippen molar-refractivity contribution in [1.29, 1.82) is 0 Å². The van der Waals surface area contributed by atoms with Gasteiger partial charge in [0.1, 0.15) is 0 Å². The zero-order valence-corrected chi connectivity index (χ0v) is 6.22. The highest BCUT2D eigenvalue weighted by Gasteiger charge is 2.77. The Morgan fingerprint density at radius 2 is 1.78 bits per heavy atom. The second-order valence-corrected chi connectivity index (χ2v) is 4.63. The molecule has 0 heterocycles. The molecule has 0 aromatic heterocycles. The molecule has 3 aliphatic carbocycles. The van der Waals surface area contributed by atoms with Crippen LogP contribution in [0.25, 0.3) is 0 Å². The number of fused-ring (bicyclic) bond motifs is 1. The summed E-state index contributed by atoms with van der Waals surface area (Å²) in [4.78, 5) is 0. The monoisotopic (exact) mass is 122 g/mol. The molecule has 3 rings (SSSR count). The van der Waals surface area contributed by atoms with Crippen LogP contribution in [0.4, 0.5) is 0 Å². The second-order valence-electron chi connectivity index (χ2n) is 4.63. The zero-order valence-electron chi connectivity index (χ0n) is 6.22. The van der Waals surface area contributed by atoms with Gasteiger partial charge in [0.15, 0.2) is 0 Å². The van der Waals surface area contributed by atoms with E-state index in [1.165, 1.54) is 11.8 Å². The highest BCUT2D eigenvalue weighted by Crippen LogP contribution is 2.83. The Hall–Kier alpha value is 0. The van der Waals surface area contributed by atoms with Gasteiger partial charge in [0.25, 0.3) is 0 Å². The lowest BCUT2D eigenvalue weighted by molar-refractivity contribution is 0.127. The van der Waals surface area contributed by atoms with Crippen molar-refractivity contribution in [3.63, 3.8) is 0 Å². The third-order valence-electron chi connectivity index (χ3n) is 4.59. The fourth-order valence-corrected chi connectivity index (χ4v) is 3.89. The van der Waals surface area contributed by atoms with Crippen LogP contribution in [-0.2, 0) is 0 Å². The van der Waals surface area contributed by atoms with Gasteiger partial charge in [0.05, 0.1) is 0 Å². The zero-order chi connectivity index (χ0) is 6.22. The first-order valence-electron chi connectivity index (χ1n) is 4.24. The van der Waals surface area contributed by atoms with E-state index in [1.54, 1.807) is 12.8 Å². The van der Waals surface area contributed by atoms with Crippen molar-refractivity contribution >= 4 is 0 Å². The van der Waals surface area contributed by atoms with Gasteiger partial charge in [-0.1, -0.05) is 13.8 Å². The van der Waals surface area contributed by atoms with E-state index < -0.39 is 0 Å². The minimum Gasteiger partial charge on any atom is -0.0622 e. The molecule has 5 unspecified atom stereocenters. The van der Waals surface area contributed by atoms with Crippen LogP contribution in [0.5, 0.6) is 0 Å². The second kappa shape index (κ2) is 0.980. The molecule has 0 aliphatic heterocycles. The van der Waals surface area contributed by atoms with Gasteiger partial charge in [-0.25, -0.2) is 0 Å². The van der Waals surface area contributed by atoms with Gasteiger partial charge in [0.2, 0.25) is 0 Å². The third kappa shape index (κ3) is 0.281. The SMILES string of the molecule is CC1CC2C3CC1C23C. The first kappa shape index (κ1) is 4.76. The quantitative estimate of drug-likeness (QED) is 0.462. The van der Waals surface area contributed by atoms with Crippen LogP contribution in [-0.4, -0.2) is 0 Å². The van der Waals surface area contributed by atoms with Crippen LogP contribution < -0.4 is 0 Å². The summed E-state index contributed by atoms with van der Waals surface area (Å²) in [6, 6.07) is 0. The predicted octanol–water partition coefficient (Wildman–Crippen LogP) is 2.30. The minimum absolute atomic E-state index is 0.888. The minimum atomic E-state index is 0.888. The molecule has 3 aliphatic rings. The molecule has 0 spiro atoms. The third-order valence-corrected chi connectivity index (χ3v) is 4.59. The Morgan fingerprint density at radius 3 is 2.00 bits per heavy atom. The molecule has 0 nitrogen and oxygen atoms in total. The van der Waals surface area contributed by atoms with Crippen molar-refractivity contribution in [2.24, 2.45) is 29.1 Å². The van der Waals surface area contributed by atoms with Gasteiger partial charge in [-0.15, -0.1) is 0 Å². The highest BCUT2D eigenvalue weighted by atomic mass is 14.8. The first-order chi connectivity index (χ1) is 4.24. The van der Waals surface area contributed by atoms with E-state index in [-0.39, 0.29) is 0 Å². The topological polar surface area (TPSA) is 0 Å². The van der Waals surface area contributed by atoms with Crippen molar-refractivity contribution in [3.05, 3.63) is 0 Å². The molecule has 0 heteroatoms. The van der Waals surface area contributed by atoms with Crippen molar-refractivity contribution in [2.75, 3.05) is 0 Å². The Morgan fingerprint density at radius 1 is 1.11 bits per heavy atom. The molecule has 9 heavy (non-hydrogen) atoms. The summed E-state index contributed by atoms with van der Waals surface area (Å²) < 4.78 is 0. The summed E-state index contributed by atoms with van der Waals surface area (Å²) in [7, 11) is 0. The van der Waals surface area contributed by atoms with E-state index in [0.717, 1.165) is 17.3 Å². The molecule has 50 valence electrons. The lowest BCUT2D eigenvalue weighted by Gasteiger charge is -2.36. The summed E-state index contributed by atoms with van der Waals surface area (Å²) in [6.45, 7) is 4.96. The van der Waals surface area contributed by atoms with Crippen LogP contribution in [0.15, 0.2) is 0 Å². The number of hydrogen-bond donors (Lipinski definition) is 0. The van der Waals surface area contributed by atoms with Gasteiger partial charge in [-0.2, -0.15) is 0 Å². The largest absolute Gasteiger partial charge is 0.0622 e. The van der Waals surface area contributed by atoms with E-state index >= 15 is 0 Å². The molecule has 0 N–H and O–H groups in total. The maximum absolute atomic E-state index is 2.51. The van der Waals surface area contributed by atoms with Gasteiger partial charge < -0.3 is 0 Å². The summed E-state index contributed by atoms with van der Waals surface area (Å²) in [5.74, 6) is 4.59. The van der Waals surface area contributed by atoms with E-state index in [4.69, 9.17) is 0 Å². The van der Waals surface area contributed by atoms with Gasteiger partial charge in [-0.3, -0.25) is 0 Å². The fourth-order valence-electron chi connectivity index (χ4n) is 3.89. The fraction of sp³-hybridized carbons (Fsp3) is 1.00. The number of rotatable bonds is 0. The lowest BCUT2D eigenvalue weighted by Crippen LogP contribution is -2.29. The first-order valence-corrected chi connectivity index (χ1v) is 4.24. The molecule has 0 bridgehead atoms. The standard InChI is InChI=1S/C9H14/c1-5-3-7-8-4-6(5)9(7,8)2/h5-8H,3-4H2,1-2H3. The highest BCUT2D eigenvalue weighted by molar-refractivity contribution is 5.25. The normalized spacial score (nSPS) is 75.3. The molecule has 3 saturated carbocycles. The molecule has 0 radical (unpaired) electrons. The van der Waals surface area contributed by atoms with Crippen LogP contribution in [0, 0.1) is 29.1 Å². The predicted molar refractivity (Wildman–Crippen MR) is 37.0 cm³/mol. The Kier molecular flexibility index (Phi) is 0.518. The summed E-state index contributed by atoms with van der Waals surface area (Å²) in [5.41, 5.74) is 0.888. The molecule has 0 aromatic carbocycles. The summed E-state index contributed by atoms with van der Waals surface area (Å²) in [5, 5.41) is 0. The van der Waals surface area contributed by atoms with E-state index in [2.05, 4.69) is 13.8 Å². The summed E-state index contributed by atoms with van der Waals surface area (Å²) >= 11 is 0. The van der Waals surface area contributed by atoms with Crippen molar-refractivity contribution in [3.8, 4) is 0 Å². The van der Waals surface area contributed by atoms with E-state index in [0.29, 0.717) is 0 Å². The Balaban J connectivity index is 2.02. The number of hydrogen-bond acceptors (Lipinski definition) is 0. The van der Waals surface area contributed by atoms with Crippen LogP contribution in [0.1, 0.15) is 26.7 Å². The average Bonchev–Trinajstić information content (AvgIpc) is 2.11. The molecule has 3 fully saturated rings. The molecule has 0 saturated heterocycles. The van der Waals surface area contributed by atoms with Crippen molar-refractivity contribution < 1.29 is 0 Å². The Labute approximate surface area is 56.6 Å². The lowest BCUT2D eigenvalue weighted by atomic mass is 9.69. The van der Waals surface area contributed by atoms with Crippen molar-refractivity contribution in [2.45, 2.75) is 26.7 Å². The van der Waals surface area contributed by atoms with Gasteiger partial charge in [-0.05, 0) is 41.9 Å². The van der Waals surface area contributed by atoms with E-state index in [9.17, 15) is 0 Å². The maximum atomic E-state index is 2.51. The van der Waals surface area contributed by atoms with Gasteiger partial charge >= 0.3 is 0 Å². The van der Waals surface area contributed by atoms with Crippen LogP contribution in [0.2, 0.25) is 0 Å². The van der Waals surface area contributed by atoms with Gasteiger partial charge in [0, 0.05) is 0 Å². The van der Waals surface area contributed by atoms with Crippen molar-refractivity contribution in [1.82, 2.24) is 0 Å². The average molecular weight is 122 g/mol. The van der Waals surface area contributed by atoms with E-state index in [1.807, 2.05) is 0 Å². The molecule has 5 atom stereocenters. The molecular formula is C9H14. The molecular weight excluding hydrogens is 108 g/mol. The van der Waals surface area contributed by atoms with Crippen LogP contribution >= 0.6 is 0 Å². The Bertz CT molecular complexity index is 173. The summed E-state index contributed by atoms with van der Waals surface area (Å²) in [6.07, 6.45) is 3.15. The molecule has 0 amide bonds. The molecule has 0 aromatic rings. The smallest absolute Gasteiger partial charge is 0.0232 e. The van der Waals surface area contributed by atoms with Crippen LogP contribution in [0.3, 0.4) is 0 Å². The maximum Gasteiger partial charge on any atom is -0.0232 e.